The minimum absolute atomic E-state index is 0.293. The van der Waals surface area contributed by atoms with E-state index in [0.717, 1.165) is 35.2 Å². The van der Waals surface area contributed by atoms with E-state index in [1.807, 2.05) is 20.0 Å². The molecule has 1 atom stereocenters. The van der Waals surface area contributed by atoms with E-state index in [1.54, 1.807) is 11.3 Å². The van der Waals surface area contributed by atoms with Crippen molar-refractivity contribution < 1.29 is 0 Å². The van der Waals surface area contributed by atoms with Crippen LogP contribution < -0.4 is 5.32 Å². The lowest BCUT2D eigenvalue weighted by atomic mass is 10.1. The van der Waals surface area contributed by atoms with Gasteiger partial charge in [0.1, 0.15) is 10.8 Å². The molecule has 1 N–H and O–H groups in total. The molecule has 4 nitrogen and oxygen atoms in total. The van der Waals surface area contributed by atoms with Crippen LogP contribution in [0.4, 0.5) is 0 Å². The Morgan fingerprint density at radius 2 is 2.11 bits per heavy atom. The van der Waals surface area contributed by atoms with E-state index in [-0.39, 0.29) is 0 Å². The summed E-state index contributed by atoms with van der Waals surface area (Å²) in [5, 5.41) is 6.52. The Kier molecular flexibility index (Phi) is 4.61. The van der Waals surface area contributed by atoms with Gasteiger partial charge in [-0.3, -0.25) is 0 Å². The molecule has 0 saturated carbocycles. The van der Waals surface area contributed by atoms with E-state index >= 15 is 0 Å². The van der Waals surface area contributed by atoms with Crippen LogP contribution in [0.5, 0.6) is 0 Å². The van der Waals surface area contributed by atoms with E-state index in [0.29, 0.717) is 6.04 Å². The Labute approximate surface area is 118 Å². The van der Waals surface area contributed by atoms with Crippen LogP contribution in [0, 0.1) is 13.8 Å². The first-order valence-electron chi connectivity index (χ1n) is 6.57. The first kappa shape index (κ1) is 14.1. The number of hydrogen-bond acceptors (Lipinski definition) is 5. The second-order valence-electron chi connectivity index (χ2n) is 4.67. The van der Waals surface area contributed by atoms with Gasteiger partial charge in [-0.1, -0.05) is 6.92 Å². The lowest BCUT2D eigenvalue weighted by molar-refractivity contribution is 0.588. The molecular weight excluding hydrogens is 256 g/mol. The number of thiazole rings is 1. The van der Waals surface area contributed by atoms with E-state index < -0.39 is 0 Å². The Hall–Kier alpha value is -1.33. The van der Waals surface area contributed by atoms with Gasteiger partial charge in [-0.2, -0.15) is 0 Å². The summed E-state index contributed by atoms with van der Waals surface area (Å²) in [5.74, 6) is 0.847. The van der Waals surface area contributed by atoms with Crippen LogP contribution >= 0.6 is 11.3 Å². The molecule has 2 heterocycles. The fourth-order valence-corrected chi connectivity index (χ4v) is 2.84. The maximum Gasteiger partial charge on any atom is 0.135 e. The molecule has 0 amide bonds. The SMILES string of the molecule is CCNC(C)c1cnc(Cc2nc(C)cs2)nc1C. The van der Waals surface area contributed by atoms with Crippen molar-refractivity contribution in [2.75, 3.05) is 6.54 Å². The molecule has 5 heteroatoms. The van der Waals surface area contributed by atoms with Gasteiger partial charge in [-0.05, 0) is 27.3 Å². The van der Waals surface area contributed by atoms with E-state index in [2.05, 4.69) is 39.5 Å². The first-order chi connectivity index (χ1) is 9.10. The van der Waals surface area contributed by atoms with Crippen LogP contribution in [0.3, 0.4) is 0 Å². The monoisotopic (exact) mass is 276 g/mol. The molecule has 0 aliphatic carbocycles. The zero-order valence-electron chi connectivity index (χ0n) is 11.9. The lowest BCUT2D eigenvalue weighted by Crippen LogP contribution is -2.19. The first-order valence-corrected chi connectivity index (χ1v) is 7.45. The summed E-state index contributed by atoms with van der Waals surface area (Å²) in [6.07, 6.45) is 2.65. The van der Waals surface area contributed by atoms with Crippen molar-refractivity contribution >= 4 is 11.3 Å². The standard InChI is InChI=1S/C14H20N4S/c1-5-15-10(3)12-7-16-13(18-11(12)4)6-14-17-9(2)8-19-14/h7-8,10,15H,5-6H2,1-4H3. The Bertz CT molecular complexity index is 550. The second kappa shape index (κ2) is 6.21. The smallest absolute Gasteiger partial charge is 0.135 e. The van der Waals surface area contributed by atoms with Crippen LogP contribution in [0.2, 0.25) is 0 Å². The van der Waals surface area contributed by atoms with Gasteiger partial charge < -0.3 is 5.32 Å². The third-order valence-corrected chi connectivity index (χ3v) is 3.99. The normalized spacial score (nSPS) is 12.6. The highest BCUT2D eigenvalue weighted by molar-refractivity contribution is 7.09. The number of nitrogens with one attached hydrogen (secondary N) is 1. The maximum atomic E-state index is 4.60. The Morgan fingerprint density at radius 3 is 2.68 bits per heavy atom. The van der Waals surface area contributed by atoms with E-state index in [9.17, 15) is 0 Å². The quantitative estimate of drug-likeness (QED) is 0.912. The van der Waals surface area contributed by atoms with Gasteiger partial charge in [0.15, 0.2) is 0 Å². The summed E-state index contributed by atoms with van der Waals surface area (Å²) in [6.45, 7) is 9.24. The molecule has 102 valence electrons. The molecule has 2 rings (SSSR count). The summed E-state index contributed by atoms with van der Waals surface area (Å²) in [7, 11) is 0. The van der Waals surface area contributed by atoms with Gasteiger partial charge in [-0.15, -0.1) is 11.3 Å². The molecule has 0 fully saturated rings. The fraction of sp³-hybridized carbons (Fsp3) is 0.500. The number of hydrogen-bond donors (Lipinski definition) is 1. The van der Waals surface area contributed by atoms with Crippen molar-refractivity contribution in [1.82, 2.24) is 20.3 Å². The van der Waals surface area contributed by atoms with Crippen molar-refractivity contribution in [3.05, 3.63) is 39.4 Å². The third kappa shape index (κ3) is 3.58. The Morgan fingerprint density at radius 1 is 1.32 bits per heavy atom. The summed E-state index contributed by atoms with van der Waals surface area (Å²) < 4.78 is 0. The highest BCUT2D eigenvalue weighted by atomic mass is 32.1. The van der Waals surface area contributed by atoms with E-state index in [4.69, 9.17) is 0 Å². The minimum atomic E-state index is 0.293. The van der Waals surface area contributed by atoms with Crippen molar-refractivity contribution in [2.45, 2.75) is 40.2 Å². The van der Waals surface area contributed by atoms with Gasteiger partial charge in [-0.25, -0.2) is 15.0 Å². The van der Waals surface area contributed by atoms with Gasteiger partial charge in [0.25, 0.3) is 0 Å². The molecule has 0 saturated heterocycles. The van der Waals surface area contributed by atoms with Gasteiger partial charge in [0.05, 0.1) is 6.42 Å². The molecule has 2 aromatic rings. The third-order valence-electron chi connectivity index (χ3n) is 3.02. The Balaban J connectivity index is 2.14. The molecule has 0 aliphatic rings. The molecular formula is C14H20N4S. The van der Waals surface area contributed by atoms with E-state index in [1.165, 1.54) is 5.56 Å². The summed E-state index contributed by atoms with van der Waals surface area (Å²) in [5.41, 5.74) is 3.28. The van der Waals surface area contributed by atoms with Crippen molar-refractivity contribution in [1.29, 1.82) is 0 Å². The van der Waals surface area contributed by atoms with Crippen LogP contribution in [0.1, 0.15) is 47.7 Å². The molecule has 2 aromatic heterocycles. The summed E-state index contributed by atoms with van der Waals surface area (Å²) in [6, 6.07) is 0.293. The lowest BCUT2D eigenvalue weighted by Gasteiger charge is -2.14. The van der Waals surface area contributed by atoms with Gasteiger partial charge in [0.2, 0.25) is 0 Å². The number of aryl methyl sites for hydroxylation is 2. The van der Waals surface area contributed by atoms with Crippen LogP contribution in [-0.2, 0) is 6.42 Å². The summed E-state index contributed by atoms with van der Waals surface area (Å²) >= 11 is 1.67. The molecule has 0 radical (unpaired) electrons. The second-order valence-corrected chi connectivity index (χ2v) is 5.61. The van der Waals surface area contributed by atoms with Crippen molar-refractivity contribution in [2.24, 2.45) is 0 Å². The highest BCUT2D eigenvalue weighted by Crippen LogP contribution is 2.17. The zero-order valence-corrected chi connectivity index (χ0v) is 12.7. The minimum Gasteiger partial charge on any atom is -0.310 e. The number of aromatic nitrogens is 3. The topological polar surface area (TPSA) is 50.7 Å². The maximum absolute atomic E-state index is 4.60. The number of rotatable bonds is 5. The van der Waals surface area contributed by atoms with Crippen LogP contribution in [-0.4, -0.2) is 21.5 Å². The predicted molar refractivity (Wildman–Crippen MR) is 78.5 cm³/mol. The average molecular weight is 276 g/mol. The molecule has 0 bridgehead atoms. The van der Waals surface area contributed by atoms with Crippen molar-refractivity contribution in [3.8, 4) is 0 Å². The highest BCUT2D eigenvalue weighted by Gasteiger charge is 2.11. The molecule has 0 aromatic carbocycles. The number of nitrogens with zero attached hydrogens (tertiary/aromatic N) is 3. The molecule has 0 spiro atoms. The molecule has 0 aliphatic heterocycles. The van der Waals surface area contributed by atoms with Crippen molar-refractivity contribution in [3.63, 3.8) is 0 Å². The zero-order chi connectivity index (χ0) is 13.8. The average Bonchev–Trinajstić information content (AvgIpc) is 2.75. The largest absolute Gasteiger partial charge is 0.310 e. The van der Waals surface area contributed by atoms with Crippen LogP contribution in [0.25, 0.3) is 0 Å². The molecule has 1 unspecified atom stereocenters. The van der Waals surface area contributed by atoms with Gasteiger partial charge in [0, 0.05) is 34.6 Å². The molecule has 19 heavy (non-hydrogen) atoms. The van der Waals surface area contributed by atoms with Gasteiger partial charge >= 0.3 is 0 Å². The predicted octanol–water partition coefficient (Wildman–Crippen LogP) is 2.81. The van der Waals surface area contributed by atoms with Crippen LogP contribution in [0.15, 0.2) is 11.6 Å². The summed E-state index contributed by atoms with van der Waals surface area (Å²) in [4.78, 5) is 13.5. The fourth-order valence-electron chi connectivity index (χ4n) is 2.07.